The molecule has 1 saturated carbocycles. The standard InChI is InChI=1S/C18H26F3N3O.HI/c1-22-17(23-11-12-25-13-14-5-3-2-4-6-14)24-16-9-7-15(8-10-16)18(19,20)21;/h2-6,15-16H,7-13H2,1H3,(H2,22,23,24);1H. The summed E-state index contributed by atoms with van der Waals surface area (Å²) in [5, 5.41) is 6.34. The second-order valence-electron chi connectivity index (χ2n) is 6.27. The Morgan fingerprint density at radius 3 is 2.38 bits per heavy atom. The van der Waals surface area contributed by atoms with Gasteiger partial charge in [-0.2, -0.15) is 13.2 Å². The van der Waals surface area contributed by atoms with Crippen LogP contribution >= 0.6 is 24.0 Å². The molecule has 1 aromatic carbocycles. The Kier molecular flexibility index (Phi) is 10.3. The maximum Gasteiger partial charge on any atom is 0.391 e. The van der Waals surface area contributed by atoms with E-state index in [1.807, 2.05) is 30.3 Å². The van der Waals surface area contributed by atoms with E-state index in [4.69, 9.17) is 4.74 Å². The van der Waals surface area contributed by atoms with E-state index in [0.717, 1.165) is 5.56 Å². The molecule has 0 unspecified atom stereocenters. The number of rotatable bonds is 6. The average molecular weight is 485 g/mol. The Balaban J connectivity index is 0.00000338. The number of halogens is 4. The first-order valence-corrected chi connectivity index (χ1v) is 8.64. The molecule has 0 aromatic heterocycles. The molecule has 2 rings (SSSR count). The number of aliphatic imine (C=N–C) groups is 1. The lowest BCUT2D eigenvalue weighted by atomic mass is 9.85. The maximum atomic E-state index is 12.7. The lowest BCUT2D eigenvalue weighted by Crippen LogP contribution is -2.46. The molecule has 0 heterocycles. The molecule has 2 N–H and O–H groups in total. The van der Waals surface area contributed by atoms with Crippen molar-refractivity contribution in [2.45, 2.75) is 44.5 Å². The van der Waals surface area contributed by atoms with Gasteiger partial charge in [-0.15, -0.1) is 24.0 Å². The van der Waals surface area contributed by atoms with E-state index >= 15 is 0 Å². The third-order valence-electron chi connectivity index (χ3n) is 4.40. The van der Waals surface area contributed by atoms with Crippen molar-refractivity contribution in [1.29, 1.82) is 0 Å². The predicted octanol–water partition coefficient (Wildman–Crippen LogP) is 4.11. The highest BCUT2D eigenvalue weighted by Gasteiger charge is 2.41. The van der Waals surface area contributed by atoms with Crippen molar-refractivity contribution >= 4 is 29.9 Å². The summed E-state index contributed by atoms with van der Waals surface area (Å²) in [6, 6.07) is 9.95. The van der Waals surface area contributed by atoms with Crippen LogP contribution in [0.3, 0.4) is 0 Å². The summed E-state index contributed by atoms with van der Waals surface area (Å²) in [4.78, 5) is 4.12. The fourth-order valence-corrected chi connectivity index (χ4v) is 2.96. The summed E-state index contributed by atoms with van der Waals surface area (Å²) >= 11 is 0. The van der Waals surface area contributed by atoms with Crippen LogP contribution in [-0.4, -0.2) is 38.4 Å². The van der Waals surface area contributed by atoms with Crippen molar-refractivity contribution in [3.8, 4) is 0 Å². The number of nitrogens with zero attached hydrogens (tertiary/aromatic N) is 1. The molecule has 0 spiro atoms. The molecule has 1 fully saturated rings. The molecule has 0 amide bonds. The van der Waals surface area contributed by atoms with Crippen LogP contribution in [-0.2, 0) is 11.3 Å². The third kappa shape index (κ3) is 8.11. The van der Waals surface area contributed by atoms with Crippen molar-refractivity contribution < 1.29 is 17.9 Å². The van der Waals surface area contributed by atoms with E-state index in [2.05, 4.69) is 15.6 Å². The average Bonchev–Trinajstić information content (AvgIpc) is 2.61. The number of hydrogen-bond acceptors (Lipinski definition) is 2. The summed E-state index contributed by atoms with van der Waals surface area (Å²) in [6.45, 7) is 1.66. The molecule has 26 heavy (non-hydrogen) atoms. The lowest BCUT2D eigenvalue weighted by Gasteiger charge is -2.31. The van der Waals surface area contributed by atoms with Gasteiger partial charge in [0.15, 0.2) is 5.96 Å². The number of hydrogen-bond donors (Lipinski definition) is 2. The molecule has 1 aliphatic rings. The summed E-state index contributed by atoms with van der Waals surface area (Å²) in [5.41, 5.74) is 1.12. The molecular weight excluding hydrogens is 458 g/mol. The molecule has 0 radical (unpaired) electrons. The SMILES string of the molecule is CN=C(NCCOCc1ccccc1)NC1CCC(C(F)(F)F)CC1.I. The molecule has 148 valence electrons. The smallest absolute Gasteiger partial charge is 0.375 e. The maximum absolute atomic E-state index is 12.7. The molecule has 4 nitrogen and oxygen atoms in total. The van der Waals surface area contributed by atoms with Crippen LogP contribution in [0.1, 0.15) is 31.2 Å². The van der Waals surface area contributed by atoms with Crippen LogP contribution in [0.15, 0.2) is 35.3 Å². The van der Waals surface area contributed by atoms with E-state index in [0.29, 0.717) is 38.6 Å². The normalized spacial score (nSPS) is 21.0. The van der Waals surface area contributed by atoms with Crippen LogP contribution in [0, 0.1) is 5.92 Å². The molecule has 0 aliphatic heterocycles. The van der Waals surface area contributed by atoms with E-state index in [9.17, 15) is 13.2 Å². The Hall–Kier alpha value is -1.03. The van der Waals surface area contributed by atoms with Gasteiger partial charge in [0.05, 0.1) is 19.1 Å². The second kappa shape index (κ2) is 11.6. The van der Waals surface area contributed by atoms with Crippen LogP contribution in [0.4, 0.5) is 13.2 Å². The van der Waals surface area contributed by atoms with Crippen molar-refractivity contribution in [3.63, 3.8) is 0 Å². The monoisotopic (exact) mass is 485 g/mol. The van der Waals surface area contributed by atoms with Gasteiger partial charge in [0.25, 0.3) is 0 Å². The van der Waals surface area contributed by atoms with Crippen molar-refractivity contribution in [3.05, 3.63) is 35.9 Å². The van der Waals surface area contributed by atoms with Crippen LogP contribution in [0.2, 0.25) is 0 Å². The highest BCUT2D eigenvalue weighted by molar-refractivity contribution is 14.0. The number of guanidine groups is 1. The molecule has 1 aromatic rings. The molecular formula is C18H27F3IN3O. The zero-order valence-electron chi connectivity index (χ0n) is 14.9. The van der Waals surface area contributed by atoms with Gasteiger partial charge in [-0.25, -0.2) is 0 Å². The van der Waals surface area contributed by atoms with Crippen molar-refractivity contribution in [2.75, 3.05) is 20.2 Å². The van der Waals surface area contributed by atoms with Gasteiger partial charge < -0.3 is 15.4 Å². The Morgan fingerprint density at radius 1 is 1.15 bits per heavy atom. The lowest BCUT2D eigenvalue weighted by molar-refractivity contribution is -0.182. The minimum atomic E-state index is -4.07. The summed E-state index contributed by atoms with van der Waals surface area (Å²) in [5.74, 6) is -0.550. The van der Waals surface area contributed by atoms with Gasteiger partial charge in [0.2, 0.25) is 0 Å². The van der Waals surface area contributed by atoms with E-state index in [-0.39, 0.29) is 42.9 Å². The Morgan fingerprint density at radius 2 is 1.81 bits per heavy atom. The first-order chi connectivity index (χ1) is 12.0. The summed E-state index contributed by atoms with van der Waals surface area (Å²) in [7, 11) is 1.65. The molecule has 1 aliphatic carbocycles. The van der Waals surface area contributed by atoms with Gasteiger partial charge >= 0.3 is 6.18 Å². The van der Waals surface area contributed by atoms with Crippen molar-refractivity contribution in [2.24, 2.45) is 10.9 Å². The highest BCUT2D eigenvalue weighted by Crippen LogP contribution is 2.37. The van der Waals surface area contributed by atoms with Gasteiger partial charge in [0.1, 0.15) is 0 Å². The van der Waals surface area contributed by atoms with Crippen LogP contribution in [0.5, 0.6) is 0 Å². The van der Waals surface area contributed by atoms with Crippen molar-refractivity contribution in [1.82, 2.24) is 10.6 Å². The second-order valence-corrected chi connectivity index (χ2v) is 6.27. The largest absolute Gasteiger partial charge is 0.391 e. The number of alkyl halides is 3. The minimum absolute atomic E-state index is 0. The van der Waals surface area contributed by atoms with Crippen LogP contribution < -0.4 is 10.6 Å². The van der Waals surface area contributed by atoms with Gasteiger partial charge in [-0.05, 0) is 31.2 Å². The molecule has 8 heteroatoms. The summed E-state index contributed by atoms with van der Waals surface area (Å²) in [6.07, 6.45) is -2.69. The Labute approximate surface area is 170 Å². The number of ether oxygens (including phenoxy) is 1. The zero-order valence-corrected chi connectivity index (χ0v) is 17.2. The van der Waals surface area contributed by atoms with Gasteiger partial charge in [-0.3, -0.25) is 4.99 Å². The molecule has 0 bridgehead atoms. The zero-order chi connectivity index (χ0) is 18.1. The summed E-state index contributed by atoms with van der Waals surface area (Å²) < 4.78 is 43.7. The Bertz CT molecular complexity index is 532. The van der Waals surface area contributed by atoms with E-state index in [1.165, 1.54) is 0 Å². The first kappa shape index (κ1) is 23.0. The number of benzene rings is 1. The third-order valence-corrected chi connectivity index (χ3v) is 4.40. The van der Waals surface area contributed by atoms with Gasteiger partial charge in [-0.1, -0.05) is 30.3 Å². The fourth-order valence-electron chi connectivity index (χ4n) is 2.96. The van der Waals surface area contributed by atoms with Crippen LogP contribution in [0.25, 0.3) is 0 Å². The van der Waals surface area contributed by atoms with E-state index < -0.39 is 12.1 Å². The number of nitrogens with one attached hydrogen (secondary N) is 2. The van der Waals surface area contributed by atoms with Gasteiger partial charge in [0, 0.05) is 19.6 Å². The first-order valence-electron chi connectivity index (χ1n) is 8.64. The molecule has 0 atom stereocenters. The quantitative estimate of drug-likeness (QED) is 0.276. The topological polar surface area (TPSA) is 45.7 Å². The molecule has 0 saturated heterocycles. The van der Waals surface area contributed by atoms with E-state index in [1.54, 1.807) is 7.05 Å². The predicted molar refractivity (Wildman–Crippen MR) is 108 cm³/mol. The highest BCUT2D eigenvalue weighted by atomic mass is 127. The fraction of sp³-hybridized carbons (Fsp3) is 0.611. The minimum Gasteiger partial charge on any atom is -0.375 e.